The normalized spacial score (nSPS) is 15.4. The Labute approximate surface area is 169 Å². The highest BCUT2D eigenvalue weighted by atomic mass is 35.5. The standard InChI is InChI=1S/C21H23ClN2O4/c1-14-13-24(18-11-16(22)6-7-19(18)28-14)21(26)9-8-20(25)23-12-15-4-3-5-17(10-15)27-2/h3-7,10-11,14H,8-9,12-13H2,1-2H3,(H,23,25). The first-order chi connectivity index (χ1) is 13.5. The number of methoxy groups -OCH3 is 1. The van der Waals surface area contributed by atoms with Crippen LogP contribution < -0.4 is 19.7 Å². The van der Waals surface area contributed by atoms with Crippen molar-refractivity contribution in [3.63, 3.8) is 0 Å². The highest BCUT2D eigenvalue weighted by Crippen LogP contribution is 2.36. The van der Waals surface area contributed by atoms with E-state index in [4.69, 9.17) is 21.1 Å². The molecule has 1 aliphatic rings. The van der Waals surface area contributed by atoms with Gasteiger partial charge in [0.25, 0.3) is 0 Å². The van der Waals surface area contributed by atoms with E-state index in [2.05, 4.69) is 5.32 Å². The summed E-state index contributed by atoms with van der Waals surface area (Å²) in [6.45, 7) is 2.72. The number of ether oxygens (including phenoxy) is 2. The van der Waals surface area contributed by atoms with Crippen LogP contribution in [0.15, 0.2) is 42.5 Å². The second-order valence-corrected chi connectivity index (χ2v) is 7.11. The van der Waals surface area contributed by atoms with Gasteiger partial charge in [0.2, 0.25) is 11.8 Å². The monoisotopic (exact) mass is 402 g/mol. The molecule has 2 aromatic rings. The SMILES string of the molecule is COc1cccc(CNC(=O)CCC(=O)N2CC(C)Oc3ccc(Cl)cc32)c1. The van der Waals surface area contributed by atoms with E-state index >= 15 is 0 Å². The van der Waals surface area contributed by atoms with E-state index in [1.165, 1.54) is 0 Å². The molecule has 6 nitrogen and oxygen atoms in total. The van der Waals surface area contributed by atoms with Crippen molar-refractivity contribution >= 4 is 29.1 Å². The summed E-state index contributed by atoms with van der Waals surface area (Å²) in [5.74, 6) is 1.05. The maximum Gasteiger partial charge on any atom is 0.227 e. The summed E-state index contributed by atoms with van der Waals surface area (Å²) in [6.07, 6.45) is 0.104. The lowest BCUT2D eigenvalue weighted by molar-refractivity contribution is -0.125. The predicted molar refractivity (Wildman–Crippen MR) is 108 cm³/mol. The Morgan fingerprint density at radius 2 is 2.07 bits per heavy atom. The molecular weight excluding hydrogens is 380 g/mol. The van der Waals surface area contributed by atoms with Gasteiger partial charge in [0.1, 0.15) is 17.6 Å². The Morgan fingerprint density at radius 3 is 2.86 bits per heavy atom. The fourth-order valence-corrected chi connectivity index (χ4v) is 3.24. The number of hydrogen-bond donors (Lipinski definition) is 1. The smallest absolute Gasteiger partial charge is 0.227 e. The number of carbonyl (C=O) groups excluding carboxylic acids is 2. The number of carbonyl (C=O) groups is 2. The Kier molecular flexibility index (Phi) is 6.41. The van der Waals surface area contributed by atoms with Crippen LogP contribution in [0.25, 0.3) is 0 Å². The fourth-order valence-electron chi connectivity index (χ4n) is 3.07. The number of hydrogen-bond acceptors (Lipinski definition) is 4. The molecule has 3 rings (SSSR count). The molecule has 2 amide bonds. The zero-order valence-electron chi connectivity index (χ0n) is 15.9. The van der Waals surface area contributed by atoms with Crippen LogP contribution in [0, 0.1) is 0 Å². The molecule has 1 atom stereocenters. The van der Waals surface area contributed by atoms with Crippen LogP contribution in [0.4, 0.5) is 5.69 Å². The molecule has 0 fully saturated rings. The maximum atomic E-state index is 12.7. The van der Waals surface area contributed by atoms with Crippen LogP contribution in [-0.4, -0.2) is 31.6 Å². The number of nitrogens with one attached hydrogen (secondary N) is 1. The second-order valence-electron chi connectivity index (χ2n) is 6.67. The molecular formula is C21H23ClN2O4. The van der Waals surface area contributed by atoms with Gasteiger partial charge in [-0.2, -0.15) is 0 Å². The van der Waals surface area contributed by atoms with Gasteiger partial charge >= 0.3 is 0 Å². The molecule has 1 unspecified atom stereocenters. The number of fused-ring (bicyclic) bond motifs is 1. The number of rotatable bonds is 6. The van der Waals surface area contributed by atoms with Gasteiger partial charge in [-0.1, -0.05) is 23.7 Å². The molecule has 7 heteroatoms. The van der Waals surface area contributed by atoms with E-state index in [-0.39, 0.29) is 30.8 Å². The summed E-state index contributed by atoms with van der Waals surface area (Å²) in [5, 5.41) is 3.37. The van der Waals surface area contributed by atoms with Crippen LogP contribution in [-0.2, 0) is 16.1 Å². The Balaban J connectivity index is 1.55. The van der Waals surface area contributed by atoms with Crippen LogP contribution >= 0.6 is 11.6 Å². The molecule has 0 aromatic heterocycles. The number of halogens is 1. The average molecular weight is 403 g/mol. The van der Waals surface area contributed by atoms with Crippen molar-refractivity contribution in [2.45, 2.75) is 32.4 Å². The lowest BCUT2D eigenvalue weighted by Gasteiger charge is -2.33. The molecule has 0 saturated heterocycles. The summed E-state index contributed by atoms with van der Waals surface area (Å²) in [6, 6.07) is 12.7. The second kappa shape index (κ2) is 8.97. The van der Waals surface area contributed by atoms with E-state index in [1.807, 2.05) is 31.2 Å². The van der Waals surface area contributed by atoms with Crippen molar-refractivity contribution in [2.24, 2.45) is 0 Å². The third-order valence-corrected chi connectivity index (χ3v) is 4.71. The van der Waals surface area contributed by atoms with Crippen molar-refractivity contribution in [1.29, 1.82) is 0 Å². The van der Waals surface area contributed by atoms with Gasteiger partial charge in [-0.05, 0) is 42.8 Å². The fraction of sp³-hybridized carbons (Fsp3) is 0.333. The Morgan fingerprint density at radius 1 is 1.25 bits per heavy atom. The summed E-state index contributed by atoms with van der Waals surface area (Å²) in [7, 11) is 1.60. The summed E-state index contributed by atoms with van der Waals surface area (Å²) in [5.41, 5.74) is 1.58. The van der Waals surface area contributed by atoms with Gasteiger partial charge in [0, 0.05) is 24.4 Å². The summed E-state index contributed by atoms with van der Waals surface area (Å²) in [4.78, 5) is 26.5. The van der Waals surface area contributed by atoms with Crippen LogP contribution in [0.5, 0.6) is 11.5 Å². The van der Waals surface area contributed by atoms with Crippen molar-refractivity contribution in [3.05, 3.63) is 53.1 Å². The van der Waals surface area contributed by atoms with E-state index in [9.17, 15) is 9.59 Å². The highest BCUT2D eigenvalue weighted by Gasteiger charge is 2.27. The summed E-state index contributed by atoms with van der Waals surface area (Å²) >= 11 is 6.07. The highest BCUT2D eigenvalue weighted by molar-refractivity contribution is 6.31. The lowest BCUT2D eigenvalue weighted by Crippen LogP contribution is -2.42. The minimum atomic E-state index is -0.177. The molecule has 2 aromatic carbocycles. The van der Waals surface area contributed by atoms with Gasteiger partial charge < -0.3 is 19.7 Å². The number of nitrogens with zero attached hydrogens (tertiary/aromatic N) is 1. The first-order valence-electron chi connectivity index (χ1n) is 9.12. The Hall–Kier alpha value is -2.73. The largest absolute Gasteiger partial charge is 0.497 e. The maximum absolute atomic E-state index is 12.7. The number of benzene rings is 2. The minimum absolute atomic E-state index is 0.114. The Bertz CT molecular complexity index is 871. The predicted octanol–water partition coefficient (Wildman–Crippen LogP) is 3.56. The van der Waals surface area contributed by atoms with Gasteiger partial charge in [0.05, 0.1) is 19.3 Å². The van der Waals surface area contributed by atoms with Crippen LogP contribution in [0.3, 0.4) is 0 Å². The van der Waals surface area contributed by atoms with Crippen molar-refractivity contribution < 1.29 is 19.1 Å². The number of amides is 2. The van der Waals surface area contributed by atoms with E-state index in [0.717, 1.165) is 11.3 Å². The molecule has 1 aliphatic heterocycles. The van der Waals surface area contributed by atoms with Gasteiger partial charge in [-0.15, -0.1) is 0 Å². The number of anilines is 1. The van der Waals surface area contributed by atoms with Crippen LogP contribution in [0.2, 0.25) is 5.02 Å². The summed E-state index contributed by atoms with van der Waals surface area (Å²) < 4.78 is 10.9. The van der Waals surface area contributed by atoms with Crippen molar-refractivity contribution in [1.82, 2.24) is 5.32 Å². The average Bonchev–Trinajstić information content (AvgIpc) is 2.70. The molecule has 0 spiro atoms. The molecule has 1 heterocycles. The van der Waals surface area contributed by atoms with E-state index in [1.54, 1.807) is 30.2 Å². The first-order valence-corrected chi connectivity index (χ1v) is 9.50. The molecule has 148 valence electrons. The first kappa shape index (κ1) is 20.0. The molecule has 28 heavy (non-hydrogen) atoms. The topological polar surface area (TPSA) is 67.9 Å². The van der Waals surface area contributed by atoms with Crippen molar-refractivity contribution in [2.75, 3.05) is 18.6 Å². The van der Waals surface area contributed by atoms with Gasteiger partial charge in [0.15, 0.2) is 0 Å². The quantitative estimate of drug-likeness (QED) is 0.802. The van der Waals surface area contributed by atoms with E-state index in [0.29, 0.717) is 29.5 Å². The van der Waals surface area contributed by atoms with Gasteiger partial charge in [-0.3, -0.25) is 9.59 Å². The lowest BCUT2D eigenvalue weighted by atomic mass is 10.1. The molecule has 1 N–H and O–H groups in total. The van der Waals surface area contributed by atoms with E-state index < -0.39 is 0 Å². The molecule has 0 bridgehead atoms. The third-order valence-electron chi connectivity index (χ3n) is 4.47. The minimum Gasteiger partial charge on any atom is -0.497 e. The zero-order chi connectivity index (χ0) is 20.1. The zero-order valence-corrected chi connectivity index (χ0v) is 16.7. The van der Waals surface area contributed by atoms with Gasteiger partial charge in [-0.25, -0.2) is 0 Å². The molecule has 0 saturated carbocycles. The molecule has 0 radical (unpaired) electrons. The third kappa shape index (κ3) is 4.95. The van der Waals surface area contributed by atoms with Crippen LogP contribution in [0.1, 0.15) is 25.3 Å². The van der Waals surface area contributed by atoms with Crippen molar-refractivity contribution in [3.8, 4) is 11.5 Å². The molecule has 0 aliphatic carbocycles.